The second kappa shape index (κ2) is 10.7. The number of rotatable bonds is 4. The van der Waals surface area contributed by atoms with E-state index >= 15 is 0 Å². The maximum atomic E-state index is 11.7. The number of carbonyl (C=O) groups excluding carboxylic acids is 1. The molecule has 0 aliphatic rings. The smallest absolute Gasteiger partial charge is 0.337 e. The standard InChI is InChI=1S/C10H11N5O3S.C9H8N2O4S/c1-5-2-6(4-11)7(9(16)15-10(12)13)3-8(5)19(14,17)18;1-5-2-6(4-10)7(9(12)13)3-8(5)16(11,14)15/h2-3H,1H3,(H2,14,17,18)(H4,12,13,15,16);2-3H,1H3,(H,12,13)(H2,11,14,15). The summed E-state index contributed by atoms with van der Waals surface area (Å²) in [5.74, 6) is -2.78. The number of aliphatic imine (C=N–C) groups is 1. The third-order valence-corrected chi connectivity index (χ3v) is 6.28. The lowest BCUT2D eigenvalue weighted by molar-refractivity contribution is 0.0696. The van der Waals surface area contributed by atoms with Crippen molar-refractivity contribution in [3.8, 4) is 12.1 Å². The molecule has 2 rings (SSSR count). The molecular weight excluding hydrogens is 502 g/mol. The fraction of sp³-hybridized carbons (Fsp3) is 0.105. The van der Waals surface area contributed by atoms with Crippen LogP contribution in [0.25, 0.3) is 0 Å². The number of nitriles is 2. The van der Waals surface area contributed by atoms with Gasteiger partial charge in [-0.1, -0.05) is 0 Å². The number of benzene rings is 2. The van der Waals surface area contributed by atoms with Crippen LogP contribution in [0.1, 0.15) is 43.0 Å². The number of guanidine groups is 1. The number of primary sulfonamides is 2. The van der Waals surface area contributed by atoms with Crippen LogP contribution in [-0.2, 0) is 20.0 Å². The van der Waals surface area contributed by atoms with E-state index in [2.05, 4.69) is 4.99 Å². The molecule has 0 saturated carbocycles. The summed E-state index contributed by atoms with van der Waals surface area (Å²) in [5, 5.41) is 36.3. The van der Waals surface area contributed by atoms with Gasteiger partial charge in [-0.2, -0.15) is 15.5 Å². The van der Waals surface area contributed by atoms with Crippen molar-refractivity contribution in [2.24, 2.45) is 26.7 Å². The highest BCUT2D eigenvalue weighted by Crippen LogP contribution is 2.21. The monoisotopic (exact) mass is 521 g/mol. The summed E-state index contributed by atoms with van der Waals surface area (Å²) in [6, 6.07) is 7.74. The van der Waals surface area contributed by atoms with Gasteiger partial charge in [-0.15, -0.1) is 0 Å². The number of hydrogen-bond donors (Lipinski definition) is 5. The highest BCUT2D eigenvalue weighted by molar-refractivity contribution is 7.89. The second-order valence-electron chi connectivity index (χ2n) is 6.79. The van der Waals surface area contributed by atoms with Gasteiger partial charge in [-0.25, -0.2) is 31.9 Å². The van der Waals surface area contributed by atoms with E-state index in [4.69, 9.17) is 37.4 Å². The van der Waals surface area contributed by atoms with E-state index in [9.17, 15) is 26.4 Å². The lowest BCUT2D eigenvalue weighted by atomic mass is 10.0. The molecule has 184 valence electrons. The summed E-state index contributed by atoms with van der Waals surface area (Å²) >= 11 is 0. The molecule has 16 heteroatoms. The number of aryl methyl sites for hydroxylation is 2. The van der Waals surface area contributed by atoms with Gasteiger partial charge in [0.15, 0.2) is 5.96 Å². The Hall–Kier alpha value is -4.35. The van der Waals surface area contributed by atoms with Crippen molar-refractivity contribution in [3.05, 3.63) is 57.6 Å². The van der Waals surface area contributed by atoms with Crippen molar-refractivity contribution >= 4 is 37.9 Å². The lowest BCUT2D eigenvalue weighted by Crippen LogP contribution is -2.24. The van der Waals surface area contributed by atoms with E-state index in [1.165, 1.54) is 26.0 Å². The summed E-state index contributed by atoms with van der Waals surface area (Å²) in [5.41, 5.74) is 9.85. The predicted molar refractivity (Wildman–Crippen MR) is 122 cm³/mol. The molecule has 0 heterocycles. The molecule has 0 saturated heterocycles. The summed E-state index contributed by atoms with van der Waals surface area (Å²) in [6.45, 7) is 2.89. The molecular formula is C19H19N7O7S2. The van der Waals surface area contributed by atoms with Crippen LogP contribution in [-0.4, -0.2) is 39.8 Å². The van der Waals surface area contributed by atoms with E-state index in [1.807, 2.05) is 0 Å². The Labute approximate surface area is 200 Å². The minimum Gasteiger partial charge on any atom is -0.478 e. The zero-order valence-corrected chi connectivity index (χ0v) is 19.8. The molecule has 0 bridgehead atoms. The molecule has 0 radical (unpaired) electrons. The summed E-state index contributed by atoms with van der Waals surface area (Å²) in [6.07, 6.45) is 0. The first kappa shape index (κ1) is 28.7. The van der Waals surface area contributed by atoms with Crippen molar-refractivity contribution in [3.63, 3.8) is 0 Å². The SMILES string of the molecule is Cc1cc(C#N)c(C(=O)N=C(N)N)cc1S(N)(=O)=O.Cc1cc(C#N)c(C(=O)O)cc1S(N)(=O)=O. The van der Waals surface area contributed by atoms with Crippen LogP contribution >= 0.6 is 0 Å². The van der Waals surface area contributed by atoms with Crippen LogP contribution in [0.3, 0.4) is 0 Å². The van der Waals surface area contributed by atoms with Gasteiger partial charge in [0.1, 0.15) is 6.07 Å². The number of hydrogen-bond acceptors (Lipinski definition) is 8. The van der Waals surface area contributed by atoms with Gasteiger partial charge in [0, 0.05) is 0 Å². The summed E-state index contributed by atoms with van der Waals surface area (Å²) < 4.78 is 45.0. The van der Waals surface area contributed by atoms with Crippen LogP contribution < -0.4 is 21.7 Å². The van der Waals surface area contributed by atoms with Gasteiger partial charge in [-0.05, 0) is 49.2 Å². The maximum Gasteiger partial charge on any atom is 0.337 e. The molecule has 1 amide bonds. The third-order valence-electron chi connectivity index (χ3n) is 4.18. The van der Waals surface area contributed by atoms with Crippen molar-refractivity contribution < 1.29 is 31.5 Å². The average molecular weight is 522 g/mol. The van der Waals surface area contributed by atoms with Gasteiger partial charge in [0.25, 0.3) is 5.91 Å². The number of sulfonamides is 2. The van der Waals surface area contributed by atoms with Gasteiger partial charge >= 0.3 is 5.97 Å². The number of nitrogens with zero attached hydrogens (tertiary/aromatic N) is 3. The molecule has 2 aromatic rings. The summed E-state index contributed by atoms with van der Waals surface area (Å²) in [7, 11) is -8.00. The Kier molecular flexibility index (Phi) is 8.78. The van der Waals surface area contributed by atoms with Crippen molar-refractivity contribution in [1.82, 2.24) is 0 Å². The number of aromatic carboxylic acids is 1. The number of carboxylic acid groups (broad SMARTS) is 1. The Morgan fingerprint density at radius 3 is 1.51 bits per heavy atom. The third kappa shape index (κ3) is 7.32. The van der Waals surface area contributed by atoms with Gasteiger partial charge in [-0.3, -0.25) is 4.79 Å². The zero-order valence-electron chi connectivity index (χ0n) is 18.2. The molecule has 0 aliphatic carbocycles. The van der Waals surface area contributed by atoms with Crippen LogP contribution in [0, 0.1) is 36.5 Å². The maximum absolute atomic E-state index is 11.7. The molecule has 0 fully saturated rings. The van der Waals surface area contributed by atoms with Crippen molar-refractivity contribution in [2.75, 3.05) is 0 Å². The quantitative estimate of drug-likeness (QED) is 0.243. The largest absolute Gasteiger partial charge is 0.478 e. The zero-order chi connectivity index (χ0) is 27.3. The number of carbonyl (C=O) groups is 2. The normalized spacial score (nSPS) is 10.7. The van der Waals surface area contributed by atoms with Crippen LogP contribution in [0.5, 0.6) is 0 Å². The molecule has 2 aromatic carbocycles. The highest BCUT2D eigenvalue weighted by atomic mass is 32.2. The predicted octanol–water partition coefficient (Wildman–Crippen LogP) is -0.860. The average Bonchev–Trinajstić information content (AvgIpc) is 2.70. The van der Waals surface area contributed by atoms with Crippen molar-refractivity contribution in [2.45, 2.75) is 23.6 Å². The Bertz CT molecular complexity index is 1550. The second-order valence-corrected chi connectivity index (χ2v) is 9.85. The molecule has 0 aliphatic heterocycles. The summed E-state index contributed by atoms with van der Waals surface area (Å²) in [4.78, 5) is 25.2. The number of carboxylic acids is 1. The van der Waals surface area contributed by atoms with E-state index in [1.54, 1.807) is 12.1 Å². The number of amides is 1. The fourth-order valence-electron chi connectivity index (χ4n) is 2.71. The van der Waals surface area contributed by atoms with E-state index in [0.29, 0.717) is 0 Å². The van der Waals surface area contributed by atoms with Crippen LogP contribution in [0.15, 0.2) is 39.0 Å². The first-order chi connectivity index (χ1) is 15.9. The van der Waals surface area contributed by atoms with Crippen LogP contribution in [0.2, 0.25) is 0 Å². The minimum atomic E-state index is -4.02. The first-order valence-electron chi connectivity index (χ1n) is 8.96. The van der Waals surface area contributed by atoms with E-state index in [-0.39, 0.29) is 43.2 Å². The fourth-order valence-corrected chi connectivity index (χ4v) is 4.29. The molecule has 0 spiro atoms. The minimum absolute atomic E-state index is 0.0418. The van der Waals surface area contributed by atoms with E-state index in [0.717, 1.165) is 12.1 Å². The Morgan fingerprint density at radius 2 is 1.20 bits per heavy atom. The molecule has 0 unspecified atom stereocenters. The Morgan fingerprint density at radius 1 is 0.829 bits per heavy atom. The van der Waals surface area contributed by atoms with Crippen molar-refractivity contribution in [1.29, 1.82) is 10.5 Å². The molecule has 9 N–H and O–H groups in total. The molecule has 35 heavy (non-hydrogen) atoms. The van der Waals surface area contributed by atoms with Gasteiger partial charge < -0.3 is 16.6 Å². The highest BCUT2D eigenvalue weighted by Gasteiger charge is 2.20. The molecule has 0 aromatic heterocycles. The Balaban J connectivity index is 0.000000355. The van der Waals surface area contributed by atoms with Gasteiger partial charge in [0.2, 0.25) is 20.0 Å². The molecule has 14 nitrogen and oxygen atoms in total. The lowest BCUT2D eigenvalue weighted by Gasteiger charge is -2.07. The molecule has 0 atom stereocenters. The van der Waals surface area contributed by atoms with E-state index < -0.39 is 37.9 Å². The van der Waals surface area contributed by atoms with Crippen LogP contribution in [0.4, 0.5) is 0 Å². The first-order valence-corrected chi connectivity index (χ1v) is 12.1. The topological polar surface area (TPSA) is 287 Å². The van der Waals surface area contributed by atoms with Gasteiger partial charge in [0.05, 0.1) is 38.1 Å². The number of nitrogens with two attached hydrogens (primary N) is 4.